The number of amides is 2. The number of benzene rings is 2. The minimum atomic E-state index is -0.408. The number of carbonyl (C=O) groups is 2. The number of carbonyl (C=O) groups excluding carboxylic acids is 2. The molecule has 6 heteroatoms. The Balaban J connectivity index is 1.73. The van der Waals surface area contributed by atoms with Crippen LogP contribution in [0.4, 0.5) is 11.4 Å². The van der Waals surface area contributed by atoms with Crippen LogP contribution < -0.4 is 10.2 Å². The van der Waals surface area contributed by atoms with Gasteiger partial charge in [0.15, 0.2) is 0 Å². The molecule has 1 N–H and O–H groups in total. The van der Waals surface area contributed by atoms with Crippen LogP contribution in [0.5, 0.6) is 0 Å². The zero-order chi connectivity index (χ0) is 17.3. The molecule has 124 valence electrons. The van der Waals surface area contributed by atoms with Gasteiger partial charge in [-0.05, 0) is 42.8 Å². The molecular weight excluding hydrogens is 347 g/mol. The summed E-state index contributed by atoms with van der Waals surface area (Å²) in [7, 11) is 0. The SMILES string of the molecule is Cc1ccc(Cl)cc1NC(=O)[C@@H]1CC(=O)N(c2cccc(Cl)c2)C1. The highest BCUT2D eigenvalue weighted by molar-refractivity contribution is 6.31. The molecule has 0 aliphatic carbocycles. The molecular formula is C18H16Cl2N2O2. The topological polar surface area (TPSA) is 49.4 Å². The molecule has 1 atom stereocenters. The Labute approximate surface area is 150 Å². The summed E-state index contributed by atoms with van der Waals surface area (Å²) in [6.07, 6.45) is 0.179. The average Bonchev–Trinajstić information content (AvgIpc) is 2.93. The fourth-order valence-electron chi connectivity index (χ4n) is 2.74. The van der Waals surface area contributed by atoms with E-state index in [-0.39, 0.29) is 18.2 Å². The van der Waals surface area contributed by atoms with Crippen molar-refractivity contribution in [2.45, 2.75) is 13.3 Å². The summed E-state index contributed by atoms with van der Waals surface area (Å²) < 4.78 is 0. The van der Waals surface area contributed by atoms with Crippen molar-refractivity contribution in [1.29, 1.82) is 0 Å². The van der Waals surface area contributed by atoms with Gasteiger partial charge in [0.05, 0.1) is 5.92 Å². The van der Waals surface area contributed by atoms with Crippen LogP contribution in [0.15, 0.2) is 42.5 Å². The van der Waals surface area contributed by atoms with E-state index in [1.165, 1.54) is 0 Å². The molecule has 1 heterocycles. The highest BCUT2D eigenvalue weighted by atomic mass is 35.5. The molecule has 24 heavy (non-hydrogen) atoms. The highest BCUT2D eigenvalue weighted by Crippen LogP contribution is 2.28. The first-order valence-corrected chi connectivity index (χ1v) is 8.32. The number of hydrogen-bond acceptors (Lipinski definition) is 2. The summed E-state index contributed by atoms with van der Waals surface area (Å²) in [5, 5.41) is 3.98. The summed E-state index contributed by atoms with van der Waals surface area (Å²) in [5.74, 6) is -0.673. The number of rotatable bonds is 3. The van der Waals surface area contributed by atoms with Crippen molar-refractivity contribution >= 4 is 46.4 Å². The van der Waals surface area contributed by atoms with E-state index in [4.69, 9.17) is 23.2 Å². The molecule has 2 aromatic carbocycles. The van der Waals surface area contributed by atoms with E-state index in [0.717, 1.165) is 5.56 Å². The number of aryl methyl sites for hydroxylation is 1. The number of hydrogen-bond donors (Lipinski definition) is 1. The molecule has 0 saturated carbocycles. The van der Waals surface area contributed by atoms with E-state index >= 15 is 0 Å². The molecule has 1 saturated heterocycles. The Bertz CT molecular complexity index is 807. The van der Waals surface area contributed by atoms with Crippen molar-refractivity contribution in [3.8, 4) is 0 Å². The van der Waals surface area contributed by atoms with Crippen LogP contribution in [0.25, 0.3) is 0 Å². The van der Waals surface area contributed by atoms with Crippen molar-refractivity contribution in [1.82, 2.24) is 0 Å². The van der Waals surface area contributed by atoms with Gasteiger partial charge in [-0.2, -0.15) is 0 Å². The predicted molar refractivity (Wildman–Crippen MR) is 96.7 cm³/mol. The van der Waals surface area contributed by atoms with Crippen molar-refractivity contribution in [3.05, 3.63) is 58.1 Å². The summed E-state index contributed by atoms with van der Waals surface area (Å²) in [5.41, 5.74) is 2.30. The third-order valence-electron chi connectivity index (χ3n) is 4.07. The monoisotopic (exact) mass is 362 g/mol. The quantitative estimate of drug-likeness (QED) is 0.884. The van der Waals surface area contributed by atoms with Crippen LogP contribution in [0.1, 0.15) is 12.0 Å². The first-order valence-electron chi connectivity index (χ1n) is 7.57. The molecule has 3 rings (SSSR count). The Hall–Kier alpha value is -2.04. The maximum atomic E-state index is 12.5. The molecule has 0 aromatic heterocycles. The smallest absolute Gasteiger partial charge is 0.229 e. The molecule has 1 aliphatic heterocycles. The van der Waals surface area contributed by atoms with E-state index in [1.807, 2.05) is 19.1 Å². The zero-order valence-electron chi connectivity index (χ0n) is 13.1. The maximum absolute atomic E-state index is 12.5. The van der Waals surface area contributed by atoms with E-state index in [2.05, 4.69) is 5.32 Å². The molecule has 0 bridgehead atoms. The Morgan fingerprint density at radius 1 is 1.17 bits per heavy atom. The number of nitrogens with one attached hydrogen (secondary N) is 1. The van der Waals surface area contributed by atoms with Crippen molar-refractivity contribution in [3.63, 3.8) is 0 Å². The fourth-order valence-corrected chi connectivity index (χ4v) is 3.10. The molecule has 4 nitrogen and oxygen atoms in total. The minimum absolute atomic E-state index is 0.0831. The van der Waals surface area contributed by atoms with E-state index in [0.29, 0.717) is 28.0 Å². The molecule has 2 aromatic rings. The van der Waals surface area contributed by atoms with Crippen LogP contribution in [0.2, 0.25) is 10.0 Å². The van der Waals surface area contributed by atoms with Crippen molar-refractivity contribution in [2.75, 3.05) is 16.8 Å². The second-order valence-electron chi connectivity index (χ2n) is 5.83. The Morgan fingerprint density at radius 3 is 2.67 bits per heavy atom. The van der Waals surface area contributed by atoms with Gasteiger partial charge in [0.25, 0.3) is 0 Å². The van der Waals surface area contributed by atoms with Crippen LogP contribution in [0.3, 0.4) is 0 Å². The third kappa shape index (κ3) is 3.55. The molecule has 0 spiro atoms. The highest BCUT2D eigenvalue weighted by Gasteiger charge is 2.35. The van der Waals surface area contributed by atoms with Crippen LogP contribution >= 0.6 is 23.2 Å². The van der Waals surface area contributed by atoms with Gasteiger partial charge in [0.2, 0.25) is 11.8 Å². The van der Waals surface area contributed by atoms with E-state index in [1.54, 1.807) is 35.2 Å². The molecule has 0 unspecified atom stereocenters. The first-order chi connectivity index (χ1) is 11.4. The standard InChI is InChI=1S/C18H16Cl2N2O2/c1-11-5-6-14(20)9-16(11)21-18(24)12-7-17(23)22(10-12)15-4-2-3-13(19)8-15/h2-6,8-9,12H,7,10H2,1H3,(H,21,24)/t12-/m1/s1. The summed E-state index contributed by atoms with van der Waals surface area (Å²) in [4.78, 5) is 26.4. The molecule has 1 fully saturated rings. The first kappa shape index (κ1) is 16.8. The average molecular weight is 363 g/mol. The third-order valence-corrected chi connectivity index (χ3v) is 4.54. The van der Waals surface area contributed by atoms with Gasteiger partial charge in [0.1, 0.15) is 0 Å². The van der Waals surface area contributed by atoms with Gasteiger partial charge in [0, 0.05) is 34.4 Å². The second kappa shape index (κ2) is 6.83. The van der Waals surface area contributed by atoms with Crippen LogP contribution in [0, 0.1) is 12.8 Å². The number of halogens is 2. The van der Waals surface area contributed by atoms with Gasteiger partial charge in [-0.3, -0.25) is 9.59 Å². The molecule has 2 amide bonds. The van der Waals surface area contributed by atoms with Crippen LogP contribution in [-0.4, -0.2) is 18.4 Å². The van der Waals surface area contributed by atoms with E-state index in [9.17, 15) is 9.59 Å². The number of anilines is 2. The Kier molecular flexibility index (Phi) is 4.78. The lowest BCUT2D eigenvalue weighted by atomic mass is 10.1. The zero-order valence-corrected chi connectivity index (χ0v) is 14.6. The van der Waals surface area contributed by atoms with Crippen molar-refractivity contribution in [2.24, 2.45) is 5.92 Å². The van der Waals surface area contributed by atoms with Gasteiger partial charge in [-0.15, -0.1) is 0 Å². The fraction of sp³-hybridized carbons (Fsp3) is 0.222. The van der Waals surface area contributed by atoms with Crippen molar-refractivity contribution < 1.29 is 9.59 Å². The predicted octanol–water partition coefficient (Wildman–Crippen LogP) is 4.29. The largest absolute Gasteiger partial charge is 0.325 e. The van der Waals surface area contributed by atoms with Gasteiger partial charge in [-0.1, -0.05) is 35.3 Å². The Morgan fingerprint density at radius 2 is 1.92 bits per heavy atom. The lowest BCUT2D eigenvalue weighted by molar-refractivity contribution is -0.122. The molecule has 1 aliphatic rings. The molecule has 0 radical (unpaired) electrons. The number of nitrogens with zero attached hydrogens (tertiary/aromatic N) is 1. The summed E-state index contributed by atoms with van der Waals surface area (Å²) in [6.45, 7) is 2.23. The van der Waals surface area contributed by atoms with Crippen LogP contribution in [-0.2, 0) is 9.59 Å². The van der Waals surface area contributed by atoms with Gasteiger partial charge in [-0.25, -0.2) is 0 Å². The minimum Gasteiger partial charge on any atom is -0.325 e. The van der Waals surface area contributed by atoms with Gasteiger partial charge >= 0.3 is 0 Å². The lowest BCUT2D eigenvalue weighted by Gasteiger charge is -2.17. The van der Waals surface area contributed by atoms with E-state index < -0.39 is 5.92 Å². The second-order valence-corrected chi connectivity index (χ2v) is 6.71. The summed E-state index contributed by atoms with van der Waals surface area (Å²) in [6, 6.07) is 12.4. The van der Waals surface area contributed by atoms with Gasteiger partial charge < -0.3 is 10.2 Å². The summed E-state index contributed by atoms with van der Waals surface area (Å²) >= 11 is 12.0. The lowest BCUT2D eigenvalue weighted by Crippen LogP contribution is -2.28. The normalized spacial score (nSPS) is 17.2. The maximum Gasteiger partial charge on any atom is 0.229 e.